The summed E-state index contributed by atoms with van der Waals surface area (Å²) in [5, 5.41) is 2.82. The topological polar surface area (TPSA) is 38.3 Å². The van der Waals surface area contributed by atoms with Gasteiger partial charge in [-0.1, -0.05) is 46.9 Å². The molecular formula is C20H13Cl3F3NO2. The van der Waals surface area contributed by atoms with Crippen LogP contribution in [0.4, 0.5) is 13.2 Å². The van der Waals surface area contributed by atoms with Crippen molar-refractivity contribution in [2.45, 2.75) is 18.4 Å². The van der Waals surface area contributed by atoms with Gasteiger partial charge in [0.1, 0.15) is 5.60 Å². The summed E-state index contributed by atoms with van der Waals surface area (Å²) in [4.78, 5) is 12.6. The van der Waals surface area contributed by atoms with E-state index in [1.54, 1.807) is 12.1 Å². The van der Waals surface area contributed by atoms with Crippen molar-refractivity contribution in [1.29, 1.82) is 0 Å². The molecule has 152 valence electrons. The number of alkyl halides is 3. The maximum absolute atomic E-state index is 13.7. The van der Waals surface area contributed by atoms with Crippen molar-refractivity contribution >= 4 is 46.2 Å². The Hall–Kier alpha value is -1.57. The zero-order chi connectivity index (χ0) is 21.0. The molecule has 2 aromatic carbocycles. The Labute approximate surface area is 179 Å². The van der Waals surface area contributed by atoms with E-state index >= 15 is 0 Å². The molecule has 1 fully saturated rings. The zero-order valence-electron chi connectivity index (χ0n) is 14.7. The van der Waals surface area contributed by atoms with Crippen LogP contribution in [0.5, 0.6) is 0 Å². The zero-order valence-corrected chi connectivity index (χ0v) is 16.9. The molecule has 0 radical (unpaired) electrons. The Morgan fingerprint density at radius 3 is 2.28 bits per heavy atom. The highest BCUT2D eigenvalue weighted by Gasteiger charge is 2.45. The van der Waals surface area contributed by atoms with E-state index in [2.05, 4.69) is 5.32 Å². The minimum atomic E-state index is -4.79. The van der Waals surface area contributed by atoms with Gasteiger partial charge < -0.3 is 10.1 Å². The number of benzene rings is 2. The van der Waals surface area contributed by atoms with E-state index in [0.717, 1.165) is 23.3 Å². The standard InChI is InChI=1S/C20H13Cl3F3NO2/c21-15-4-11(5-16(22)18(15)23)14(20(24,25)26)6-17(28)10-1-2-13-12(3-10)7-29-19(13)8-27-9-19/h1-6,27H,7-9H2/b14-6+. The number of hydrogen-bond donors (Lipinski definition) is 1. The van der Waals surface area contributed by atoms with Crippen LogP contribution in [0, 0.1) is 0 Å². The van der Waals surface area contributed by atoms with E-state index in [1.807, 2.05) is 0 Å². The van der Waals surface area contributed by atoms with Gasteiger partial charge in [-0.15, -0.1) is 0 Å². The molecule has 2 aliphatic rings. The second-order valence-corrected chi connectivity index (χ2v) is 8.12. The summed E-state index contributed by atoms with van der Waals surface area (Å²) in [6, 6.07) is 6.91. The highest BCUT2D eigenvalue weighted by Crippen LogP contribution is 2.41. The number of carbonyl (C=O) groups is 1. The minimum absolute atomic E-state index is 0.0528. The molecule has 1 saturated heterocycles. The van der Waals surface area contributed by atoms with E-state index in [4.69, 9.17) is 39.5 Å². The van der Waals surface area contributed by atoms with Gasteiger partial charge in [-0.25, -0.2) is 0 Å². The molecule has 0 aliphatic carbocycles. The van der Waals surface area contributed by atoms with Gasteiger partial charge in [0, 0.05) is 18.7 Å². The summed E-state index contributed by atoms with van der Waals surface area (Å²) in [6.45, 7) is 1.66. The fourth-order valence-electron chi connectivity index (χ4n) is 3.50. The Morgan fingerprint density at radius 1 is 1.07 bits per heavy atom. The first kappa shape index (κ1) is 20.7. The SMILES string of the molecule is O=C(/C=C(\c1cc(Cl)c(Cl)c(Cl)c1)C(F)(F)F)c1ccc2c(c1)COC21CNC1. The van der Waals surface area contributed by atoms with Crippen LogP contribution in [0.3, 0.4) is 0 Å². The van der Waals surface area contributed by atoms with Crippen LogP contribution >= 0.6 is 34.8 Å². The number of hydrogen-bond acceptors (Lipinski definition) is 3. The number of rotatable bonds is 3. The Bertz CT molecular complexity index is 1020. The molecule has 0 saturated carbocycles. The van der Waals surface area contributed by atoms with Crippen LogP contribution in [0.2, 0.25) is 15.1 Å². The number of allylic oxidation sites excluding steroid dienone is 2. The molecule has 1 spiro atoms. The first-order chi connectivity index (χ1) is 13.6. The fourth-order valence-corrected chi connectivity index (χ4v) is 4.10. The summed E-state index contributed by atoms with van der Waals surface area (Å²) in [5.74, 6) is -0.782. The maximum atomic E-state index is 13.7. The number of ether oxygens (including phenoxy) is 1. The average Bonchev–Trinajstić information content (AvgIpc) is 3.01. The van der Waals surface area contributed by atoms with Gasteiger partial charge in [0.15, 0.2) is 5.78 Å². The third kappa shape index (κ3) is 3.68. The van der Waals surface area contributed by atoms with E-state index < -0.39 is 17.5 Å². The van der Waals surface area contributed by atoms with Crippen LogP contribution in [-0.2, 0) is 16.9 Å². The molecular weight excluding hydrogens is 450 g/mol. The molecule has 9 heteroatoms. The summed E-state index contributed by atoms with van der Waals surface area (Å²) >= 11 is 17.5. The molecule has 3 nitrogen and oxygen atoms in total. The molecule has 0 amide bonds. The summed E-state index contributed by atoms with van der Waals surface area (Å²) in [7, 11) is 0. The van der Waals surface area contributed by atoms with Gasteiger partial charge in [0.25, 0.3) is 0 Å². The Morgan fingerprint density at radius 2 is 1.72 bits per heavy atom. The molecule has 0 unspecified atom stereocenters. The minimum Gasteiger partial charge on any atom is -0.363 e. The quantitative estimate of drug-likeness (QED) is 0.356. The van der Waals surface area contributed by atoms with Crippen LogP contribution in [0.15, 0.2) is 36.4 Å². The number of ketones is 1. The fraction of sp³-hybridized carbons (Fsp3) is 0.250. The monoisotopic (exact) mass is 461 g/mol. The second kappa shape index (κ2) is 7.29. The number of fused-ring (bicyclic) bond motifs is 2. The normalized spacial score (nSPS) is 17.9. The average molecular weight is 463 g/mol. The van der Waals surface area contributed by atoms with Crippen LogP contribution in [0.25, 0.3) is 5.57 Å². The molecule has 0 bridgehead atoms. The van der Waals surface area contributed by atoms with E-state index in [9.17, 15) is 18.0 Å². The molecule has 0 atom stereocenters. The molecule has 0 aromatic heterocycles. The van der Waals surface area contributed by atoms with Gasteiger partial charge in [-0.2, -0.15) is 13.2 Å². The highest BCUT2D eigenvalue weighted by molar-refractivity contribution is 6.48. The number of nitrogens with one attached hydrogen (secondary N) is 1. The first-order valence-corrected chi connectivity index (χ1v) is 9.70. The van der Waals surface area contributed by atoms with E-state index in [1.165, 1.54) is 6.07 Å². The van der Waals surface area contributed by atoms with E-state index in [-0.39, 0.29) is 31.8 Å². The first-order valence-electron chi connectivity index (χ1n) is 8.57. The van der Waals surface area contributed by atoms with Crippen LogP contribution in [-0.4, -0.2) is 25.0 Å². The molecule has 2 aromatic rings. The molecule has 2 heterocycles. The molecule has 2 aliphatic heterocycles. The van der Waals surface area contributed by atoms with Crippen molar-refractivity contribution in [3.8, 4) is 0 Å². The third-order valence-electron chi connectivity index (χ3n) is 5.08. The number of carbonyl (C=O) groups excluding carboxylic acids is 1. The van der Waals surface area contributed by atoms with Crippen molar-refractivity contribution in [2.75, 3.05) is 13.1 Å². The second-order valence-electron chi connectivity index (χ2n) is 6.93. The van der Waals surface area contributed by atoms with Gasteiger partial charge in [0.2, 0.25) is 0 Å². The predicted molar refractivity (Wildman–Crippen MR) is 106 cm³/mol. The Balaban J connectivity index is 1.71. The van der Waals surface area contributed by atoms with Gasteiger partial charge >= 0.3 is 6.18 Å². The van der Waals surface area contributed by atoms with Gasteiger partial charge in [-0.3, -0.25) is 4.79 Å². The van der Waals surface area contributed by atoms with Crippen molar-refractivity contribution in [1.82, 2.24) is 5.32 Å². The smallest absolute Gasteiger partial charge is 0.363 e. The van der Waals surface area contributed by atoms with Gasteiger partial charge in [-0.05, 0) is 41.0 Å². The predicted octanol–water partition coefficient (Wildman–Crippen LogP) is 5.80. The highest BCUT2D eigenvalue weighted by atomic mass is 35.5. The lowest BCUT2D eigenvalue weighted by atomic mass is 9.86. The van der Waals surface area contributed by atoms with E-state index in [0.29, 0.717) is 25.8 Å². The van der Waals surface area contributed by atoms with Gasteiger partial charge in [0.05, 0.1) is 27.2 Å². The molecule has 29 heavy (non-hydrogen) atoms. The van der Waals surface area contributed by atoms with Crippen LogP contribution in [0.1, 0.15) is 27.0 Å². The molecule has 1 N–H and O–H groups in total. The lowest BCUT2D eigenvalue weighted by Gasteiger charge is -2.39. The summed E-state index contributed by atoms with van der Waals surface area (Å²) in [5.41, 5.74) is 0.0277. The Kier molecular flexibility index (Phi) is 5.20. The third-order valence-corrected chi connectivity index (χ3v) is 6.28. The van der Waals surface area contributed by atoms with Crippen molar-refractivity contribution < 1.29 is 22.7 Å². The summed E-state index contributed by atoms with van der Waals surface area (Å²) < 4.78 is 46.8. The van der Waals surface area contributed by atoms with Crippen molar-refractivity contribution in [3.05, 3.63) is 73.7 Å². The van der Waals surface area contributed by atoms with Crippen molar-refractivity contribution in [3.63, 3.8) is 0 Å². The lowest BCUT2D eigenvalue weighted by Crippen LogP contribution is -2.56. The lowest BCUT2D eigenvalue weighted by molar-refractivity contribution is -0.0746. The maximum Gasteiger partial charge on any atom is 0.417 e. The molecule has 4 rings (SSSR count). The largest absolute Gasteiger partial charge is 0.417 e. The number of halogens is 6. The van der Waals surface area contributed by atoms with Crippen LogP contribution < -0.4 is 5.32 Å². The van der Waals surface area contributed by atoms with Crippen molar-refractivity contribution in [2.24, 2.45) is 0 Å². The summed E-state index contributed by atoms with van der Waals surface area (Å²) in [6.07, 6.45) is -4.24.